The molecule has 3 N–H and O–H groups in total. The molecule has 7 heteroatoms. The third-order valence-electron chi connectivity index (χ3n) is 3.24. The van der Waals surface area contributed by atoms with Gasteiger partial charge in [-0.25, -0.2) is 0 Å². The molecule has 0 aliphatic carbocycles. The van der Waals surface area contributed by atoms with Crippen LogP contribution < -0.4 is 11.1 Å². The van der Waals surface area contributed by atoms with Crippen molar-refractivity contribution >= 4 is 5.91 Å². The SMILES string of the molecule is COCC(N)C(=O)NC(c1ccc(C(F)(F)F)cc1)C(C)C. The van der Waals surface area contributed by atoms with Crippen LogP contribution in [-0.2, 0) is 15.7 Å². The third kappa shape index (κ3) is 4.99. The van der Waals surface area contributed by atoms with Crippen LogP contribution in [-0.4, -0.2) is 25.7 Å². The second-order valence-electron chi connectivity index (χ2n) is 5.41. The number of methoxy groups -OCH3 is 1. The standard InChI is InChI=1S/C15H21F3N2O2/c1-9(2)13(20-14(21)12(19)8-22-3)10-4-6-11(7-5-10)15(16,17)18/h4-7,9,12-13H,8,19H2,1-3H3,(H,20,21). The van der Waals surface area contributed by atoms with Crippen LogP contribution in [0.15, 0.2) is 24.3 Å². The summed E-state index contributed by atoms with van der Waals surface area (Å²) in [5.41, 5.74) is 5.53. The zero-order valence-corrected chi connectivity index (χ0v) is 12.8. The number of amides is 1. The second-order valence-corrected chi connectivity index (χ2v) is 5.41. The van der Waals surface area contributed by atoms with Crippen LogP contribution in [0.5, 0.6) is 0 Å². The monoisotopic (exact) mass is 318 g/mol. The van der Waals surface area contributed by atoms with Crippen molar-refractivity contribution in [2.75, 3.05) is 13.7 Å². The van der Waals surface area contributed by atoms with E-state index in [1.807, 2.05) is 13.8 Å². The van der Waals surface area contributed by atoms with Gasteiger partial charge in [-0.3, -0.25) is 4.79 Å². The molecule has 0 radical (unpaired) electrons. The molecule has 0 aliphatic heterocycles. The lowest BCUT2D eigenvalue weighted by Crippen LogP contribution is -2.45. The summed E-state index contributed by atoms with van der Waals surface area (Å²) in [6.45, 7) is 3.80. The van der Waals surface area contributed by atoms with E-state index in [9.17, 15) is 18.0 Å². The van der Waals surface area contributed by atoms with E-state index < -0.39 is 29.7 Å². The molecular weight excluding hydrogens is 297 g/mol. The van der Waals surface area contributed by atoms with Gasteiger partial charge >= 0.3 is 6.18 Å². The molecule has 0 fully saturated rings. The maximum absolute atomic E-state index is 12.6. The molecule has 0 saturated carbocycles. The van der Waals surface area contributed by atoms with Gasteiger partial charge < -0.3 is 15.8 Å². The maximum Gasteiger partial charge on any atom is 0.416 e. The van der Waals surface area contributed by atoms with Gasteiger partial charge in [0.15, 0.2) is 0 Å². The smallest absolute Gasteiger partial charge is 0.383 e. The minimum atomic E-state index is -4.38. The highest BCUT2D eigenvalue weighted by Gasteiger charge is 2.30. The van der Waals surface area contributed by atoms with Crippen molar-refractivity contribution in [3.63, 3.8) is 0 Å². The lowest BCUT2D eigenvalue weighted by molar-refractivity contribution is -0.137. The topological polar surface area (TPSA) is 64.3 Å². The van der Waals surface area contributed by atoms with E-state index in [0.717, 1.165) is 12.1 Å². The number of benzene rings is 1. The fourth-order valence-corrected chi connectivity index (χ4v) is 2.03. The largest absolute Gasteiger partial charge is 0.416 e. The van der Waals surface area contributed by atoms with Gasteiger partial charge in [-0.1, -0.05) is 26.0 Å². The van der Waals surface area contributed by atoms with Crippen LogP contribution in [0, 0.1) is 5.92 Å². The van der Waals surface area contributed by atoms with Gasteiger partial charge in [-0.05, 0) is 23.6 Å². The average molecular weight is 318 g/mol. The second kappa shape index (κ2) is 7.60. The number of hydrogen-bond acceptors (Lipinski definition) is 3. The van der Waals surface area contributed by atoms with Crippen molar-refractivity contribution in [3.05, 3.63) is 35.4 Å². The summed E-state index contributed by atoms with van der Waals surface area (Å²) in [5, 5.41) is 2.75. The summed E-state index contributed by atoms with van der Waals surface area (Å²) in [4.78, 5) is 12.0. The summed E-state index contributed by atoms with van der Waals surface area (Å²) in [6, 6.07) is 3.52. The third-order valence-corrected chi connectivity index (χ3v) is 3.24. The molecule has 0 spiro atoms. The van der Waals surface area contributed by atoms with Crippen molar-refractivity contribution in [2.24, 2.45) is 11.7 Å². The Morgan fingerprint density at radius 2 is 1.82 bits per heavy atom. The number of ether oxygens (including phenoxy) is 1. The number of halogens is 3. The lowest BCUT2D eigenvalue weighted by atomic mass is 9.95. The molecule has 4 nitrogen and oxygen atoms in total. The highest BCUT2D eigenvalue weighted by molar-refractivity contribution is 5.82. The molecule has 1 aromatic rings. The quantitative estimate of drug-likeness (QED) is 0.847. The zero-order valence-electron chi connectivity index (χ0n) is 12.8. The Morgan fingerprint density at radius 3 is 2.23 bits per heavy atom. The molecule has 2 unspecified atom stereocenters. The molecular formula is C15H21F3N2O2. The van der Waals surface area contributed by atoms with Crippen molar-refractivity contribution in [2.45, 2.75) is 32.1 Å². The highest BCUT2D eigenvalue weighted by atomic mass is 19.4. The molecule has 1 rings (SSSR count). The first-order chi connectivity index (χ1) is 10.2. The Labute approximate surface area is 127 Å². The van der Waals surface area contributed by atoms with Gasteiger partial charge in [0.05, 0.1) is 18.2 Å². The summed E-state index contributed by atoms with van der Waals surface area (Å²) in [5.74, 6) is -0.407. The molecule has 0 aromatic heterocycles. The van der Waals surface area contributed by atoms with Gasteiger partial charge in [0.25, 0.3) is 0 Å². The van der Waals surface area contributed by atoms with E-state index in [1.165, 1.54) is 19.2 Å². The predicted molar refractivity (Wildman–Crippen MR) is 77.0 cm³/mol. The Hall–Kier alpha value is -1.60. The number of nitrogens with one attached hydrogen (secondary N) is 1. The molecule has 0 saturated heterocycles. The Kier molecular flexibility index (Phi) is 6.37. The number of carbonyl (C=O) groups excluding carboxylic acids is 1. The van der Waals surface area contributed by atoms with Crippen LogP contribution >= 0.6 is 0 Å². The number of rotatable bonds is 6. The number of hydrogen-bond donors (Lipinski definition) is 2. The van der Waals surface area contributed by atoms with Gasteiger partial charge in [0, 0.05) is 7.11 Å². The first-order valence-electron chi connectivity index (χ1n) is 6.89. The molecule has 22 heavy (non-hydrogen) atoms. The summed E-state index contributed by atoms with van der Waals surface area (Å²) in [6.07, 6.45) is -4.38. The van der Waals surface area contributed by atoms with Crippen LogP contribution in [0.1, 0.15) is 31.0 Å². The number of carbonyl (C=O) groups is 1. The zero-order chi connectivity index (χ0) is 16.9. The average Bonchev–Trinajstić information content (AvgIpc) is 2.43. The van der Waals surface area contributed by atoms with E-state index >= 15 is 0 Å². The molecule has 124 valence electrons. The normalized spacial score (nSPS) is 14.7. The maximum atomic E-state index is 12.6. The first kappa shape index (κ1) is 18.4. The van der Waals surface area contributed by atoms with E-state index in [1.54, 1.807) is 0 Å². The van der Waals surface area contributed by atoms with Crippen LogP contribution in [0.4, 0.5) is 13.2 Å². The van der Waals surface area contributed by atoms with Crippen molar-refractivity contribution in [1.82, 2.24) is 5.32 Å². The minimum absolute atomic E-state index is 0.00423. The number of nitrogens with two attached hydrogens (primary N) is 1. The van der Waals surface area contributed by atoms with Crippen molar-refractivity contribution < 1.29 is 22.7 Å². The van der Waals surface area contributed by atoms with Crippen LogP contribution in [0.2, 0.25) is 0 Å². The van der Waals surface area contributed by atoms with Crippen LogP contribution in [0.25, 0.3) is 0 Å². The van der Waals surface area contributed by atoms with E-state index in [0.29, 0.717) is 5.56 Å². The van der Waals surface area contributed by atoms with Crippen molar-refractivity contribution in [1.29, 1.82) is 0 Å². The first-order valence-corrected chi connectivity index (χ1v) is 6.89. The Bertz CT molecular complexity index is 487. The van der Waals surface area contributed by atoms with E-state index in [4.69, 9.17) is 10.5 Å². The van der Waals surface area contributed by atoms with Crippen molar-refractivity contribution in [3.8, 4) is 0 Å². The molecule has 0 heterocycles. The molecule has 1 amide bonds. The van der Waals surface area contributed by atoms with Gasteiger partial charge in [0.1, 0.15) is 6.04 Å². The molecule has 2 atom stereocenters. The van der Waals surface area contributed by atoms with Gasteiger partial charge in [0.2, 0.25) is 5.91 Å². The molecule has 0 bridgehead atoms. The van der Waals surface area contributed by atoms with Gasteiger partial charge in [-0.15, -0.1) is 0 Å². The minimum Gasteiger partial charge on any atom is -0.383 e. The summed E-state index contributed by atoms with van der Waals surface area (Å²) in [7, 11) is 1.43. The van der Waals surface area contributed by atoms with E-state index in [-0.39, 0.29) is 12.5 Å². The molecule has 0 aliphatic rings. The lowest BCUT2D eigenvalue weighted by Gasteiger charge is -2.25. The Morgan fingerprint density at radius 1 is 1.27 bits per heavy atom. The highest BCUT2D eigenvalue weighted by Crippen LogP contribution is 2.31. The Balaban J connectivity index is 2.90. The van der Waals surface area contributed by atoms with Gasteiger partial charge in [-0.2, -0.15) is 13.2 Å². The predicted octanol–water partition coefficient (Wildman–Crippen LogP) is 2.49. The summed E-state index contributed by atoms with van der Waals surface area (Å²) >= 11 is 0. The number of alkyl halides is 3. The fraction of sp³-hybridized carbons (Fsp3) is 0.533. The van der Waals surface area contributed by atoms with E-state index in [2.05, 4.69) is 5.32 Å². The summed E-state index contributed by atoms with van der Waals surface area (Å²) < 4.78 is 42.6. The van der Waals surface area contributed by atoms with Crippen LogP contribution in [0.3, 0.4) is 0 Å². The fourth-order valence-electron chi connectivity index (χ4n) is 2.03. The molecule has 1 aromatic carbocycles.